The number of methoxy groups -OCH3 is 1. The maximum Gasteiger partial charge on any atom is 0.238 e. The van der Waals surface area contributed by atoms with Crippen LogP contribution in [0.5, 0.6) is 5.88 Å². The number of aryl methyl sites for hydroxylation is 2. The number of hydrogen-bond donors (Lipinski definition) is 0. The van der Waals surface area contributed by atoms with Crippen molar-refractivity contribution in [3.05, 3.63) is 118 Å². The Hall–Kier alpha value is -4.23. The second-order valence-corrected chi connectivity index (χ2v) is 9.84. The Bertz CT molecular complexity index is 1590. The average molecular weight is 523 g/mol. The van der Waals surface area contributed by atoms with Gasteiger partial charge in [-0.1, -0.05) is 54.1 Å². The second kappa shape index (κ2) is 10.3. The first-order chi connectivity index (χ1) is 18.6. The number of benzene rings is 2. The number of ether oxygens (including phenoxy) is 1. The minimum atomic E-state index is 0.0944. The van der Waals surface area contributed by atoms with Crippen molar-refractivity contribution in [3.63, 3.8) is 0 Å². The monoisotopic (exact) mass is 522 g/mol. The highest BCUT2D eigenvalue weighted by atomic mass is 35.5. The molecule has 8 heteroatoms. The van der Waals surface area contributed by atoms with E-state index in [0.29, 0.717) is 11.7 Å². The molecule has 1 aliphatic rings. The van der Waals surface area contributed by atoms with Crippen molar-refractivity contribution in [2.45, 2.75) is 31.7 Å². The molecule has 7 nitrogen and oxygen atoms in total. The topological polar surface area (TPSA) is 70.7 Å². The molecule has 0 N–H and O–H groups in total. The molecule has 5 aromatic rings. The van der Waals surface area contributed by atoms with Crippen molar-refractivity contribution < 1.29 is 4.74 Å². The van der Waals surface area contributed by atoms with Gasteiger partial charge in [-0.15, -0.1) is 0 Å². The molecule has 1 unspecified atom stereocenters. The maximum absolute atomic E-state index is 6.18. The van der Waals surface area contributed by atoms with Crippen LogP contribution in [0, 0.1) is 6.92 Å². The van der Waals surface area contributed by atoms with Crippen molar-refractivity contribution in [2.75, 3.05) is 7.11 Å². The fourth-order valence-corrected chi connectivity index (χ4v) is 5.28. The first-order valence-corrected chi connectivity index (χ1v) is 13.0. The smallest absolute Gasteiger partial charge is 0.238 e. The fourth-order valence-electron chi connectivity index (χ4n) is 5.16. The third-order valence-corrected chi connectivity index (χ3v) is 7.21. The lowest BCUT2D eigenvalue weighted by molar-refractivity contribution is 0.395. The standard InChI is InChI=1S/C30H27ClN6O/c1-20-18-36(19-32-20)26-14-12-24(33-30(26)38-2)13-15-27-34-29-28(22-6-4-3-5-7-22)25(16-17-37(29)35-27)21-8-10-23(31)11-9-21/h3-15,18-19,25,28H,16-17H2,1-2H3/b15-13+/t25?,28-/m1/s1. The van der Waals surface area contributed by atoms with Crippen LogP contribution in [0.4, 0.5) is 0 Å². The molecule has 3 aromatic heterocycles. The normalized spacial score (nSPS) is 17.0. The Morgan fingerprint density at radius 3 is 2.50 bits per heavy atom. The molecule has 0 spiro atoms. The van der Waals surface area contributed by atoms with Gasteiger partial charge in [0.1, 0.15) is 11.5 Å². The van der Waals surface area contributed by atoms with E-state index in [9.17, 15) is 0 Å². The SMILES string of the molecule is COc1nc(/C=C/c2nc3n(n2)CCC(c2ccc(Cl)cc2)[C@H]3c2ccccc2)ccc1-n1cnc(C)c1. The van der Waals surface area contributed by atoms with Gasteiger partial charge < -0.3 is 9.30 Å². The minimum absolute atomic E-state index is 0.0944. The number of halogens is 1. The summed E-state index contributed by atoms with van der Waals surface area (Å²) in [6.45, 7) is 2.75. The number of pyridine rings is 1. The molecule has 0 saturated heterocycles. The Balaban J connectivity index is 1.32. The van der Waals surface area contributed by atoms with Crippen LogP contribution in [0.3, 0.4) is 0 Å². The summed E-state index contributed by atoms with van der Waals surface area (Å²) in [4.78, 5) is 14.0. The van der Waals surface area contributed by atoms with E-state index in [1.807, 2.05) is 64.9 Å². The third kappa shape index (κ3) is 4.73. The number of aromatic nitrogens is 6. The zero-order valence-corrected chi connectivity index (χ0v) is 22.0. The number of imidazole rings is 1. The van der Waals surface area contributed by atoms with Gasteiger partial charge in [0, 0.05) is 17.8 Å². The Morgan fingerprint density at radius 2 is 1.76 bits per heavy atom. The van der Waals surface area contributed by atoms with Crippen molar-refractivity contribution in [1.29, 1.82) is 0 Å². The molecule has 0 bridgehead atoms. The number of hydrogen-bond acceptors (Lipinski definition) is 5. The lowest BCUT2D eigenvalue weighted by Gasteiger charge is -2.32. The zero-order chi connectivity index (χ0) is 26.1. The van der Waals surface area contributed by atoms with Gasteiger partial charge in [0.15, 0.2) is 5.82 Å². The summed E-state index contributed by atoms with van der Waals surface area (Å²) >= 11 is 6.18. The molecule has 0 amide bonds. The fraction of sp³-hybridized carbons (Fsp3) is 0.200. The average Bonchev–Trinajstić information content (AvgIpc) is 3.58. The molecule has 0 saturated carbocycles. The van der Waals surface area contributed by atoms with Crippen LogP contribution in [0.1, 0.15) is 52.4 Å². The van der Waals surface area contributed by atoms with E-state index in [1.54, 1.807) is 13.4 Å². The van der Waals surface area contributed by atoms with Crippen LogP contribution in [-0.4, -0.2) is 36.4 Å². The third-order valence-electron chi connectivity index (χ3n) is 6.95. The molecule has 190 valence electrons. The quantitative estimate of drug-likeness (QED) is 0.261. The van der Waals surface area contributed by atoms with Crippen LogP contribution in [0.25, 0.3) is 17.8 Å². The molecule has 1 aliphatic heterocycles. The highest BCUT2D eigenvalue weighted by Crippen LogP contribution is 2.43. The van der Waals surface area contributed by atoms with Gasteiger partial charge in [0.05, 0.1) is 30.7 Å². The van der Waals surface area contributed by atoms with Crippen LogP contribution >= 0.6 is 11.6 Å². The van der Waals surface area contributed by atoms with Gasteiger partial charge in [-0.2, -0.15) is 5.10 Å². The molecule has 6 rings (SSSR count). The largest absolute Gasteiger partial charge is 0.479 e. The number of nitrogens with zero attached hydrogens (tertiary/aromatic N) is 6. The van der Waals surface area contributed by atoms with E-state index in [2.05, 4.69) is 46.4 Å². The molecule has 2 aromatic carbocycles. The van der Waals surface area contributed by atoms with Gasteiger partial charge in [-0.3, -0.25) is 0 Å². The molecule has 0 fully saturated rings. The van der Waals surface area contributed by atoms with Gasteiger partial charge in [-0.25, -0.2) is 19.6 Å². The molecule has 0 aliphatic carbocycles. The van der Waals surface area contributed by atoms with Crippen LogP contribution in [0.15, 0.2) is 79.3 Å². The van der Waals surface area contributed by atoms with Gasteiger partial charge in [-0.05, 0) is 66.8 Å². The summed E-state index contributed by atoms with van der Waals surface area (Å²) < 4.78 is 9.50. The van der Waals surface area contributed by atoms with Crippen LogP contribution < -0.4 is 4.74 Å². The van der Waals surface area contributed by atoms with Crippen LogP contribution in [0.2, 0.25) is 5.02 Å². The Labute approximate surface area is 226 Å². The first kappa shape index (κ1) is 24.1. The van der Waals surface area contributed by atoms with Crippen molar-refractivity contribution >= 4 is 23.8 Å². The molecule has 0 radical (unpaired) electrons. The minimum Gasteiger partial charge on any atom is -0.479 e. The summed E-state index contributed by atoms with van der Waals surface area (Å²) in [5.41, 5.74) is 5.01. The summed E-state index contributed by atoms with van der Waals surface area (Å²) in [5, 5.41) is 5.57. The molecule has 38 heavy (non-hydrogen) atoms. The van der Waals surface area contributed by atoms with E-state index in [1.165, 1.54) is 11.1 Å². The number of rotatable bonds is 6. The van der Waals surface area contributed by atoms with Crippen molar-refractivity contribution in [1.82, 2.24) is 29.3 Å². The maximum atomic E-state index is 6.18. The molecule has 4 heterocycles. The predicted molar refractivity (Wildman–Crippen MR) is 149 cm³/mol. The molecular weight excluding hydrogens is 496 g/mol. The van der Waals surface area contributed by atoms with E-state index >= 15 is 0 Å². The lowest BCUT2D eigenvalue weighted by Crippen LogP contribution is -2.25. The van der Waals surface area contributed by atoms with E-state index in [0.717, 1.165) is 40.9 Å². The lowest BCUT2D eigenvalue weighted by atomic mass is 9.77. The number of fused-ring (bicyclic) bond motifs is 1. The predicted octanol–water partition coefficient (Wildman–Crippen LogP) is 6.32. The summed E-state index contributed by atoms with van der Waals surface area (Å²) in [7, 11) is 1.62. The van der Waals surface area contributed by atoms with Crippen LogP contribution in [-0.2, 0) is 6.54 Å². The van der Waals surface area contributed by atoms with Crippen molar-refractivity contribution in [2.24, 2.45) is 0 Å². The molecular formula is C30H27ClN6O. The highest BCUT2D eigenvalue weighted by molar-refractivity contribution is 6.30. The van der Waals surface area contributed by atoms with Gasteiger partial charge in [0.25, 0.3) is 0 Å². The van der Waals surface area contributed by atoms with Gasteiger partial charge >= 0.3 is 0 Å². The van der Waals surface area contributed by atoms with Crippen molar-refractivity contribution in [3.8, 4) is 11.6 Å². The zero-order valence-electron chi connectivity index (χ0n) is 21.2. The Kier molecular flexibility index (Phi) is 6.52. The first-order valence-electron chi connectivity index (χ1n) is 12.6. The van der Waals surface area contributed by atoms with E-state index < -0.39 is 0 Å². The molecule has 2 atom stereocenters. The summed E-state index contributed by atoms with van der Waals surface area (Å²) in [5.74, 6) is 2.54. The highest BCUT2D eigenvalue weighted by Gasteiger charge is 2.34. The summed E-state index contributed by atoms with van der Waals surface area (Å²) in [6.07, 6.45) is 8.49. The second-order valence-electron chi connectivity index (χ2n) is 9.41. The van der Waals surface area contributed by atoms with E-state index in [-0.39, 0.29) is 11.8 Å². The summed E-state index contributed by atoms with van der Waals surface area (Å²) in [6, 6.07) is 22.7. The Morgan fingerprint density at radius 1 is 0.947 bits per heavy atom. The van der Waals surface area contributed by atoms with Gasteiger partial charge in [0.2, 0.25) is 5.88 Å². The van der Waals surface area contributed by atoms with E-state index in [4.69, 9.17) is 26.4 Å².